The smallest absolute Gasteiger partial charge is 0.236 e. The molecule has 0 aromatic heterocycles. The Morgan fingerprint density at radius 2 is 1.48 bits per heavy atom. The van der Waals surface area contributed by atoms with Crippen molar-refractivity contribution in [3.05, 3.63) is 65.7 Å². The molecule has 2 aromatic carbocycles. The van der Waals surface area contributed by atoms with Crippen LogP contribution in [0.15, 0.2) is 54.6 Å². The molecule has 2 aliphatic heterocycles. The van der Waals surface area contributed by atoms with Crippen LogP contribution in [0, 0.1) is 0 Å². The van der Waals surface area contributed by atoms with Crippen LogP contribution >= 0.6 is 0 Å². The van der Waals surface area contributed by atoms with Crippen molar-refractivity contribution in [2.75, 3.05) is 37.6 Å². The normalized spacial score (nSPS) is 17.0. The van der Waals surface area contributed by atoms with Crippen molar-refractivity contribution < 1.29 is 9.59 Å². The summed E-state index contributed by atoms with van der Waals surface area (Å²) in [4.78, 5) is 31.2. The Kier molecular flexibility index (Phi) is 5.21. The Bertz CT molecular complexity index is 813. The summed E-state index contributed by atoms with van der Waals surface area (Å²) < 4.78 is 0. The molecular weight excluding hydrogens is 338 g/mol. The van der Waals surface area contributed by atoms with Gasteiger partial charge in [-0.1, -0.05) is 48.5 Å². The third-order valence-electron chi connectivity index (χ3n) is 5.46. The lowest BCUT2D eigenvalue weighted by molar-refractivity contribution is -0.136. The van der Waals surface area contributed by atoms with Crippen LogP contribution in [0.3, 0.4) is 0 Å². The minimum Gasteiger partial charge on any atom is -0.340 e. The number of carbonyl (C=O) groups is 2. The zero-order valence-electron chi connectivity index (χ0n) is 15.5. The van der Waals surface area contributed by atoms with E-state index in [0.717, 1.165) is 31.7 Å². The van der Waals surface area contributed by atoms with Gasteiger partial charge in [-0.3, -0.25) is 14.5 Å². The van der Waals surface area contributed by atoms with E-state index < -0.39 is 0 Å². The summed E-state index contributed by atoms with van der Waals surface area (Å²) in [6, 6.07) is 18.3. The molecule has 0 unspecified atom stereocenters. The van der Waals surface area contributed by atoms with E-state index in [9.17, 15) is 9.59 Å². The summed E-state index contributed by atoms with van der Waals surface area (Å²) in [6.45, 7) is 4.66. The molecule has 5 heteroatoms. The fourth-order valence-electron chi connectivity index (χ4n) is 3.93. The second kappa shape index (κ2) is 7.92. The molecule has 0 atom stereocenters. The van der Waals surface area contributed by atoms with Crippen LogP contribution in [-0.2, 0) is 22.6 Å². The molecule has 0 spiro atoms. The molecular formula is C22H25N3O2. The highest BCUT2D eigenvalue weighted by Gasteiger charge is 2.28. The topological polar surface area (TPSA) is 43.9 Å². The fraction of sp³-hybridized carbons (Fsp3) is 0.364. The van der Waals surface area contributed by atoms with Crippen LogP contribution in [0.2, 0.25) is 0 Å². The number of anilines is 1. The number of benzene rings is 2. The average Bonchev–Trinajstić information content (AvgIpc) is 3.13. The number of nitrogens with zero attached hydrogens (tertiary/aromatic N) is 3. The molecule has 1 saturated heterocycles. The second-order valence-electron chi connectivity index (χ2n) is 7.24. The maximum Gasteiger partial charge on any atom is 0.236 e. The van der Waals surface area contributed by atoms with Crippen molar-refractivity contribution in [1.29, 1.82) is 0 Å². The van der Waals surface area contributed by atoms with Crippen molar-refractivity contribution in [3.63, 3.8) is 0 Å². The van der Waals surface area contributed by atoms with Gasteiger partial charge in [-0.25, -0.2) is 0 Å². The van der Waals surface area contributed by atoms with E-state index in [-0.39, 0.29) is 18.2 Å². The van der Waals surface area contributed by atoms with Crippen LogP contribution in [0.1, 0.15) is 17.5 Å². The molecule has 2 aliphatic rings. The number of para-hydroxylation sites is 1. The van der Waals surface area contributed by atoms with E-state index in [1.165, 1.54) is 11.1 Å². The van der Waals surface area contributed by atoms with Gasteiger partial charge in [0.15, 0.2) is 0 Å². The summed E-state index contributed by atoms with van der Waals surface area (Å²) in [5.74, 6) is -0.139. The predicted octanol–water partition coefficient (Wildman–Crippen LogP) is 2.31. The first-order valence-electron chi connectivity index (χ1n) is 9.63. The van der Waals surface area contributed by atoms with E-state index in [1.807, 2.05) is 29.2 Å². The van der Waals surface area contributed by atoms with E-state index in [0.29, 0.717) is 19.6 Å². The third kappa shape index (κ3) is 4.03. The fourth-order valence-corrected chi connectivity index (χ4v) is 3.93. The van der Waals surface area contributed by atoms with Crippen LogP contribution in [-0.4, -0.2) is 54.3 Å². The molecule has 5 nitrogen and oxygen atoms in total. The lowest BCUT2D eigenvalue weighted by atomic mass is 10.2. The Labute approximate surface area is 160 Å². The molecule has 0 N–H and O–H groups in total. The summed E-state index contributed by atoms with van der Waals surface area (Å²) in [6.07, 6.45) is 0.835. The molecule has 0 radical (unpaired) electrons. The first kappa shape index (κ1) is 17.7. The number of hydrogen-bond donors (Lipinski definition) is 0. The van der Waals surface area contributed by atoms with Gasteiger partial charge in [0.05, 0.1) is 0 Å². The molecule has 0 bridgehead atoms. The molecule has 2 aromatic rings. The van der Waals surface area contributed by atoms with Crippen molar-refractivity contribution >= 4 is 17.5 Å². The lowest BCUT2D eigenvalue weighted by Gasteiger charge is -2.35. The largest absolute Gasteiger partial charge is 0.340 e. The molecule has 140 valence electrons. The zero-order valence-corrected chi connectivity index (χ0v) is 15.5. The second-order valence-corrected chi connectivity index (χ2v) is 7.24. The average molecular weight is 363 g/mol. The highest BCUT2D eigenvalue weighted by Crippen LogP contribution is 2.28. The SMILES string of the molecule is O=C(CC(=O)N1CCc2ccccc21)N1CCN(Cc2ccccc2)CC1. The van der Waals surface area contributed by atoms with Crippen LogP contribution in [0.25, 0.3) is 0 Å². The quantitative estimate of drug-likeness (QED) is 0.783. The highest BCUT2D eigenvalue weighted by atomic mass is 16.2. The molecule has 4 rings (SSSR count). The minimum atomic E-state index is -0.0864. The molecule has 0 aliphatic carbocycles. The van der Waals surface area contributed by atoms with E-state index in [1.54, 1.807) is 4.90 Å². The van der Waals surface area contributed by atoms with Gasteiger partial charge < -0.3 is 9.80 Å². The lowest BCUT2D eigenvalue weighted by Crippen LogP contribution is -2.49. The van der Waals surface area contributed by atoms with Crippen molar-refractivity contribution in [1.82, 2.24) is 9.80 Å². The Morgan fingerprint density at radius 1 is 0.778 bits per heavy atom. The van der Waals surface area contributed by atoms with Gasteiger partial charge in [0.25, 0.3) is 0 Å². The number of piperazine rings is 1. The standard InChI is InChI=1S/C22H25N3O2/c26-21(16-22(27)25-11-10-19-8-4-5-9-20(19)25)24-14-12-23(13-15-24)17-18-6-2-1-3-7-18/h1-9H,10-17H2. The molecule has 2 amide bonds. The Hall–Kier alpha value is -2.66. The van der Waals surface area contributed by atoms with E-state index in [4.69, 9.17) is 0 Å². The van der Waals surface area contributed by atoms with Crippen molar-refractivity contribution in [2.45, 2.75) is 19.4 Å². The summed E-state index contributed by atoms with van der Waals surface area (Å²) in [5, 5.41) is 0. The maximum absolute atomic E-state index is 12.6. The van der Waals surface area contributed by atoms with Gasteiger partial charge in [0.2, 0.25) is 11.8 Å². The number of hydrogen-bond acceptors (Lipinski definition) is 3. The third-order valence-corrected chi connectivity index (χ3v) is 5.46. The van der Waals surface area contributed by atoms with Crippen molar-refractivity contribution in [3.8, 4) is 0 Å². The summed E-state index contributed by atoms with van der Waals surface area (Å²) in [5.41, 5.74) is 3.44. The van der Waals surface area contributed by atoms with Gasteiger partial charge in [-0.2, -0.15) is 0 Å². The zero-order chi connectivity index (χ0) is 18.6. The maximum atomic E-state index is 12.6. The minimum absolute atomic E-state index is 0.0347. The van der Waals surface area contributed by atoms with Crippen LogP contribution in [0.4, 0.5) is 5.69 Å². The van der Waals surface area contributed by atoms with Crippen molar-refractivity contribution in [2.24, 2.45) is 0 Å². The van der Waals surface area contributed by atoms with E-state index in [2.05, 4.69) is 35.2 Å². The first-order valence-corrected chi connectivity index (χ1v) is 9.63. The monoisotopic (exact) mass is 363 g/mol. The number of fused-ring (bicyclic) bond motifs is 1. The van der Waals surface area contributed by atoms with Crippen LogP contribution in [0.5, 0.6) is 0 Å². The van der Waals surface area contributed by atoms with Gasteiger partial charge in [0, 0.05) is 45.0 Å². The molecule has 0 saturated carbocycles. The highest BCUT2D eigenvalue weighted by molar-refractivity contribution is 6.06. The first-order chi connectivity index (χ1) is 13.2. The Morgan fingerprint density at radius 3 is 2.26 bits per heavy atom. The number of amides is 2. The van der Waals surface area contributed by atoms with Gasteiger partial charge in [0.1, 0.15) is 6.42 Å². The van der Waals surface area contributed by atoms with E-state index >= 15 is 0 Å². The van der Waals surface area contributed by atoms with Gasteiger partial charge in [-0.15, -0.1) is 0 Å². The molecule has 1 fully saturated rings. The number of carbonyl (C=O) groups excluding carboxylic acids is 2. The predicted molar refractivity (Wildman–Crippen MR) is 105 cm³/mol. The van der Waals surface area contributed by atoms with Gasteiger partial charge in [-0.05, 0) is 23.6 Å². The summed E-state index contributed by atoms with van der Waals surface area (Å²) in [7, 11) is 0. The number of rotatable bonds is 4. The molecule has 27 heavy (non-hydrogen) atoms. The Balaban J connectivity index is 1.28. The van der Waals surface area contributed by atoms with Gasteiger partial charge >= 0.3 is 0 Å². The molecule has 2 heterocycles. The summed E-state index contributed by atoms with van der Waals surface area (Å²) >= 11 is 0. The van der Waals surface area contributed by atoms with Crippen LogP contribution < -0.4 is 4.90 Å².